The summed E-state index contributed by atoms with van der Waals surface area (Å²) >= 11 is 0. The SMILES string of the molecule is Cc1ncc(-c2onc(C)c2C)c(CCNC(=O)C2CC2C)n1. The number of amides is 1. The van der Waals surface area contributed by atoms with E-state index in [0.717, 1.165) is 28.9 Å². The monoisotopic (exact) mass is 314 g/mol. The van der Waals surface area contributed by atoms with E-state index in [4.69, 9.17) is 4.52 Å². The lowest BCUT2D eigenvalue weighted by atomic mass is 10.1. The highest BCUT2D eigenvalue weighted by molar-refractivity contribution is 5.81. The highest BCUT2D eigenvalue weighted by Gasteiger charge is 2.38. The van der Waals surface area contributed by atoms with E-state index in [0.29, 0.717) is 30.5 Å². The third-order valence-electron chi connectivity index (χ3n) is 4.50. The largest absolute Gasteiger partial charge is 0.356 e. The van der Waals surface area contributed by atoms with Crippen molar-refractivity contribution in [1.29, 1.82) is 0 Å². The fourth-order valence-corrected chi connectivity index (χ4v) is 2.69. The summed E-state index contributed by atoms with van der Waals surface area (Å²) in [6.45, 7) is 8.41. The molecule has 6 heteroatoms. The third-order valence-corrected chi connectivity index (χ3v) is 4.50. The molecule has 0 aromatic carbocycles. The number of rotatable bonds is 5. The molecule has 3 rings (SSSR count). The van der Waals surface area contributed by atoms with E-state index >= 15 is 0 Å². The molecule has 2 unspecified atom stereocenters. The van der Waals surface area contributed by atoms with Gasteiger partial charge in [0.15, 0.2) is 5.76 Å². The number of nitrogens with one attached hydrogen (secondary N) is 1. The second-order valence-electron chi connectivity index (χ2n) is 6.36. The van der Waals surface area contributed by atoms with Gasteiger partial charge in [0.2, 0.25) is 5.91 Å². The fraction of sp³-hybridized carbons (Fsp3) is 0.529. The van der Waals surface area contributed by atoms with Crippen molar-refractivity contribution in [1.82, 2.24) is 20.4 Å². The molecule has 0 spiro atoms. The molecule has 2 atom stereocenters. The first kappa shape index (κ1) is 15.6. The normalized spacial score (nSPS) is 19.7. The van der Waals surface area contributed by atoms with Crippen LogP contribution in [0.5, 0.6) is 0 Å². The number of carbonyl (C=O) groups is 1. The Morgan fingerprint density at radius 2 is 2.13 bits per heavy atom. The number of hydrogen-bond acceptors (Lipinski definition) is 5. The Morgan fingerprint density at radius 3 is 2.74 bits per heavy atom. The third kappa shape index (κ3) is 3.25. The standard InChI is InChI=1S/C17H22N4O2/c1-9-7-13(9)17(22)18-6-5-15-14(8-19-12(4)20-15)16-10(2)11(3)21-23-16/h8-9,13H,5-7H2,1-4H3,(H,18,22). The average molecular weight is 314 g/mol. The summed E-state index contributed by atoms with van der Waals surface area (Å²) in [7, 11) is 0. The number of hydrogen-bond donors (Lipinski definition) is 1. The van der Waals surface area contributed by atoms with Crippen LogP contribution in [0.4, 0.5) is 0 Å². The van der Waals surface area contributed by atoms with Gasteiger partial charge in [-0.25, -0.2) is 9.97 Å². The van der Waals surface area contributed by atoms with Crippen molar-refractivity contribution in [3.8, 4) is 11.3 Å². The van der Waals surface area contributed by atoms with Crippen molar-refractivity contribution in [2.45, 2.75) is 40.5 Å². The van der Waals surface area contributed by atoms with Crippen LogP contribution in [-0.4, -0.2) is 27.6 Å². The van der Waals surface area contributed by atoms with Gasteiger partial charge in [0.05, 0.1) is 17.0 Å². The predicted molar refractivity (Wildman–Crippen MR) is 85.7 cm³/mol. The van der Waals surface area contributed by atoms with Crippen LogP contribution >= 0.6 is 0 Å². The summed E-state index contributed by atoms with van der Waals surface area (Å²) < 4.78 is 5.43. The molecule has 0 saturated heterocycles. The Morgan fingerprint density at radius 1 is 1.39 bits per heavy atom. The van der Waals surface area contributed by atoms with Crippen molar-refractivity contribution in [3.05, 3.63) is 29.0 Å². The van der Waals surface area contributed by atoms with E-state index in [1.54, 1.807) is 6.20 Å². The van der Waals surface area contributed by atoms with Gasteiger partial charge in [-0.15, -0.1) is 0 Å². The molecule has 2 aromatic heterocycles. The van der Waals surface area contributed by atoms with Gasteiger partial charge >= 0.3 is 0 Å². The molecule has 1 saturated carbocycles. The van der Waals surface area contributed by atoms with Gasteiger partial charge in [0.1, 0.15) is 5.82 Å². The molecule has 2 aromatic rings. The Bertz CT molecular complexity index is 738. The average Bonchev–Trinajstić information content (AvgIpc) is 3.16. The van der Waals surface area contributed by atoms with Crippen LogP contribution in [0.25, 0.3) is 11.3 Å². The zero-order valence-corrected chi connectivity index (χ0v) is 14.0. The Kier molecular flexibility index (Phi) is 4.15. The Labute approximate surface area is 135 Å². The zero-order chi connectivity index (χ0) is 16.6. The van der Waals surface area contributed by atoms with Gasteiger partial charge in [-0.05, 0) is 33.1 Å². The molecular weight excluding hydrogens is 292 g/mol. The molecule has 23 heavy (non-hydrogen) atoms. The summed E-state index contributed by atoms with van der Waals surface area (Å²) in [6.07, 6.45) is 3.42. The number of nitrogens with zero attached hydrogens (tertiary/aromatic N) is 3. The summed E-state index contributed by atoms with van der Waals surface area (Å²) in [6, 6.07) is 0. The smallest absolute Gasteiger partial charge is 0.223 e. The molecular formula is C17H22N4O2. The van der Waals surface area contributed by atoms with Crippen LogP contribution < -0.4 is 5.32 Å². The molecule has 1 aliphatic carbocycles. The minimum atomic E-state index is 0.150. The molecule has 6 nitrogen and oxygen atoms in total. The second kappa shape index (κ2) is 6.10. The van der Waals surface area contributed by atoms with E-state index in [-0.39, 0.29) is 11.8 Å². The predicted octanol–water partition coefficient (Wildman–Crippen LogP) is 2.37. The lowest BCUT2D eigenvalue weighted by Crippen LogP contribution is -2.28. The van der Waals surface area contributed by atoms with Crippen molar-refractivity contribution in [2.75, 3.05) is 6.54 Å². The van der Waals surface area contributed by atoms with E-state index < -0.39 is 0 Å². The van der Waals surface area contributed by atoms with E-state index in [9.17, 15) is 4.79 Å². The zero-order valence-electron chi connectivity index (χ0n) is 14.0. The van der Waals surface area contributed by atoms with Crippen LogP contribution in [-0.2, 0) is 11.2 Å². The van der Waals surface area contributed by atoms with Crippen molar-refractivity contribution >= 4 is 5.91 Å². The summed E-state index contributed by atoms with van der Waals surface area (Å²) in [5, 5.41) is 7.00. The summed E-state index contributed by atoms with van der Waals surface area (Å²) in [4.78, 5) is 20.7. The maximum atomic E-state index is 11.9. The molecule has 0 radical (unpaired) electrons. The summed E-state index contributed by atoms with van der Waals surface area (Å²) in [5.74, 6) is 2.28. The number of aryl methyl sites for hydroxylation is 2. The number of carbonyl (C=O) groups excluding carboxylic acids is 1. The fourth-order valence-electron chi connectivity index (χ4n) is 2.69. The van der Waals surface area contributed by atoms with Crippen molar-refractivity contribution in [2.24, 2.45) is 11.8 Å². The van der Waals surface area contributed by atoms with Gasteiger partial charge in [-0.3, -0.25) is 4.79 Å². The van der Waals surface area contributed by atoms with Crippen LogP contribution in [0.1, 0.15) is 36.1 Å². The van der Waals surface area contributed by atoms with Crippen molar-refractivity contribution in [3.63, 3.8) is 0 Å². The Hall–Kier alpha value is -2.24. The molecule has 1 fully saturated rings. The molecule has 2 heterocycles. The molecule has 0 bridgehead atoms. The minimum Gasteiger partial charge on any atom is -0.356 e. The second-order valence-corrected chi connectivity index (χ2v) is 6.36. The lowest BCUT2D eigenvalue weighted by Gasteiger charge is -2.09. The van der Waals surface area contributed by atoms with Crippen LogP contribution in [0, 0.1) is 32.6 Å². The molecule has 0 aliphatic heterocycles. The summed E-state index contributed by atoms with van der Waals surface area (Å²) in [5.41, 5.74) is 3.58. The van der Waals surface area contributed by atoms with Crippen molar-refractivity contribution < 1.29 is 9.32 Å². The van der Waals surface area contributed by atoms with E-state index in [2.05, 4.69) is 27.4 Å². The Balaban J connectivity index is 1.74. The minimum absolute atomic E-state index is 0.150. The van der Waals surface area contributed by atoms with Gasteiger partial charge in [-0.2, -0.15) is 0 Å². The molecule has 122 valence electrons. The van der Waals surface area contributed by atoms with Gasteiger partial charge in [0, 0.05) is 30.6 Å². The van der Waals surface area contributed by atoms with E-state index in [1.807, 2.05) is 20.8 Å². The quantitative estimate of drug-likeness (QED) is 0.916. The molecule has 1 amide bonds. The van der Waals surface area contributed by atoms with Gasteiger partial charge < -0.3 is 9.84 Å². The van der Waals surface area contributed by atoms with Crippen LogP contribution in [0.2, 0.25) is 0 Å². The number of aromatic nitrogens is 3. The topological polar surface area (TPSA) is 80.9 Å². The first-order valence-electron chi connectivity index (χ1n) is 8.01. The lowest BCUT2D eigenvalue weighted by molar-refractivity contribution is -0.122. The maximum Gasteiger partial charge on any atom is 0.223 e. The maximum absolute atomic E-state index is 11.9. The van der Waals surface area contributed by atoms with E-state index in [1.165, 1.54) is 0 Å². The first-order chi connectivity index (χ1) is 11.0. The van der Waals surface area contributed by atoms with Gasteiger partial charge in [-0.1, -0.05) is 12.1 Å². The molecule has 1 aliphatic rings. The molecule has 1 N–H and O–H groups in total. The van der Waals surface area contributed by atoms with Crippen LogP contribution in [0.15, 0.2) is 10.7 Å². The van der Waals surface area contributed by atoms with Crippen LogP contribution in [0.3, 0.4) is 0 Å². The highest BCUT2D eigenvalue weighted by atomic mass is 16.5. The first-order valence-corrected chi connectivity index (χ1v) is 8.01. The van der Waals surface area contributed by atoms with Gasteiger partial charge in [0.25, 0.3) is 0 Å². The highest BCUT2D eigenvalue weighted by Crippen LogP contribution is 2.37.